The maximum atomic E-state index is 5.66. The van der Waals surface area contributed by atoms with Crippen molar-refractivity contribution in [1.29, 1.82) is 0 Å². The largest absolute Gasteiger partial charge is 0.356 e. The van der Waals surface area contributed by atoms with Crippen molar-refractivity contribution in [3.63, 3.8) is 0 Å². The lowest BCUT2D eigenvalue weighted by Crippen LogP contribution is -1.97. The number of hydrogen-bond donors (Lipinski definition) is 0. The fourth-order valence-corrected chi connectivity index (χ4v) is 7.56. The molecule has 246 valence electrons. The first-order chi connectivity index (χ1) is 25.8. The monoisotopic (exact) mass is 676 g/mol. The SMILES string of the molecule is c1ccc2c(c1)c1c(ccc3c4ccccc4n(-c4cc(-c5ccno5)cc(-c5ccno5)c4)c31)n2-c1cc(-c2ccno2)cc(-c2ccno2)c1. The molecule has 0 radical (unpaired) electrons. The molecule has 0 atom stereocenters. The van der Waals surface area contributed by atoms with Crippen LogP contribution in [-0.4, -0.2) is 29.8 Å². The highest BCUT2D eigenvalue weighted by Gasteiger charge is 2.23. The molecule has 6 aromatic heterocycles. The Hall–Kier alpha value is -7.46. The van der Waals surface area contributed by atoms with E-state index in [1.165, 1.54) is 0 Å². The molecule has 0 aliphatic heterocycles. The Morgan fingerprint density at radius 1 is 0.365 bits per heavy atom. The van der Waals surface area contributed by atoms with Crippen molar-refractivity contribution in [1.82, 2.24) is 29.8 Å². The van der Waals surface area contributed by atoms with E-state index in [9.17, 15) is 0 Å². The summed E-state index contributed by atoms with van der Waals surface area (Å²) in [6.07, 6.45) is 6.61. The Kier molecular flexibility index (Phi) is 6.02. The Morgan fingerprint density at radius 3 is 1.29 bits per heavy atom. The van der Waals surface area contributed by atoms with Crippen molar-refractivity contribution in [3.05, 3.63) is 146 Å². The van der Waals surface area contributed by atoms with Crippen LogP contribution >= 0.6 is 0 Å². The normalized spacial score (nSPS) is 11.8. The van der Waals surface area contributed by atoms with Crippen LogP contribution in [0.25, 0.3) is 100 Å². The third kappa shape index (κ3) is 4.24. The molecule has 0 spiro atoms. The van der Waals surface area contributed by atoms with Gasteiger partial charge in [-0.15, -0.1) is 0 Å². The van der Waals surface area contributed by atoms with Gasteiger partial charge in [0.25, 0.3) is 0 Å². The summed E-state index contributed by atoms with van der Waals surface area (Å²) < 4.78 is 27.2. The molecule has 0 amide bonds. The van der Waals surface area contributed by atoms with E-state index in [-0.39, 0.29) is 0 Å². The van der Waals surface area contributed by atoms with E-state index in [0.717, 1.165) is 77.2 Å². The van der Waals surface area contributed by atoms with Gasteiger partial charge in [0.05, 0.1) is 46.9 Å². The Balaban J connectivity index is 1.26. The van der Waals surface area contributed by atoms with Gasteiger partial charge in [0, 0.05) is 79.4 Å². The van der Waals surface area contributed by atoms with Crippen molar-refractivity contribution in [2.75, 3.05) is 0 Å². The Labute approximate surface area is 293 Å². The summed E-state index contributed by atoms with van der Waals surface area (Å²) in [5, 5.41) is 20.5. The summed E-state index contributed by atoms with van der Waals surface area (Å²) in [5.74, 6) is 2.61. The topological polar surface area (TPSA) is 114 Å². The van der Waals surface area contributed by atoms with Gasteiger partial charge < -0.3 is 27.2 Å². The van der Waals surface area contributed by atoms with Crippen LogP contribution in [0.4, 0.5) is 0 Å². The molecule has 52 heavy (non-hydrogen) atoms. The lowest BCUT2D eigenvalue weighted by atomic mass is 10.0. The first kappa shape index (κ1) is 28.4. The van der Waals surface area contributed by atoms with Crippen LogP contribution in [-0.2, 0) is 0 Å². The van der Waals surface area contributed by atoms with Gasteiger partial charge >= 0.3 is 0 Å². The molecule has 5 aromatic carbocycles. The summed E-state index contributed by atoms with van der Waals surface area (Å²) in [6, 6.07) is 41.5. The third-order valence-electron chi connectivity index (χ3n) is 9.71. The zero-order valence-electron chi connectivity index (χ0n) is 27.2. The second-order valence-corrected chi connectivity index (χ2v) is 12.6. The molecule has 0 saturated heterocycles. The standard InChI is InChI=1S/C42H24N6O4/c1-3-7-34-31(5-1)32-9-10-36-41(42(32)48(34)30-23-27(39-13-17-45-51-39)20-28(24-30)40-14-18-46-52-40)33-6-2-4-8-35(33)47(36)29-21-25(37-11-15-43-49-37)19-26(22-29)38-12-16-44-50-38/h1-24H. The van der Waals surface area contributed by atoms with Crippen molar-refractivity contribution in [2.45, 2.75) is 0 Å². The molecule has 11 rings (SSSR count). The molecular weight excluding hydrogens is 653 g/mol. The predicted molar refractivity (Wildman–Crippen MR) is 197 cm³/mol. The van der Waals surface area contributed by atoms with Crippen LogP contribution in [0.5, 0.6) is 0 Å². The number of rotatable bonds is 6. The van der Waals surface area contributed by atoms with Crippen LogP contribution in [0.15, 0.2) is 164 Å². The molecule has 0 bridgehead atoms. The highest BCUT2D eigenvalue weighted by Crippen LogP contribution is 2.44. The number of para-hydroxylation sites is 2. The van der Waals surface area contributed by atoms with Crippen LogP contribution < -0.4 is 0 Å². The summed E-state index contributed by atoms with van der Waals surface area (Å²) in [6.45, 7) is 0. The first-order valence-electron chi connectivity index (χ1n) is 16.7. The van der Waals surface area contributed by atoms with Gasteiger partial charge in [-0.3, -0.25) is 0 Å². The molecule has 10 heteroatoms. The predicted octanol–water partition coefficient (Wildman–Crippen LogP) is 10.5. The number of hydrogen-bond acceptors (Lipinski definition) is 8. The van der Waals surface area contributed by atoms with Crippen molar-refractivity contribution < 1.29 is 18.1 Å². The van der Waals surface area contributed by atoms with Gasteiger partial charge in [-0.1, -0.05) is 63.1 Å². The molecule has 0 fully saturated rings. The van der Waals surface area contributed by atoms with Crippen LogP contribution in [0.3, 0.4) is 0 Å². The van der Waals surface area contributed by atoms with Gasteiger partial charge in [0.15, 0.2) is 23.0 Å². The highest BCUT2D eigenvalue weighted by molar-refractivity contribution is 6.26. The second kappa shape index (κ2) is 11.0. The maximum absolute atomic E-state index is 5.66. The fourth-order valence-electron chi connectivity index (χ4n) is 7.56. The molecule has 0 aliphatic carbocycles. The van der Waals surface area contributed by atoms with Crippen molar-refractivity contribution >= 4 is 43.6 Å². The molecule has 10 nitrogen and oxygen atoms in total. The fraction of sp³-hybridized carbons (Fsp3) is 0. The first-order valence-corrected chi connectivity index (χ1v) is 16.7. The van der Waals surface area contributed by atoms with Gasteiger partial charge in [-0.25, -0.2) is 0 Å². The lowest BCUT2D eigenvalue weighted by Gasteiger charge is -2.13. The lowest BCUT2D eigenvalue weighted by molar-refractivity contribution is 0.430. The summed E-state index contributed by atoms with van der Waals surface area (Å²) in [4.78, 5) is 0. The quantitative estimate of drug-likeness (QED) is 0.171. The summed E-state index contributed by atoms with van der Waals surface area (Å²) >= 11 is 0. The number of aromatic nitrogens is 6. The minimum absolute atomic E-state index is 0.652. The summed E-state index contributed by atoms with van der Waals surface area (Å²) in [5.41, 5.74) is 9.59. The molecule has 6 heterocycles. The number of nitrogens with zero attached hydrogens (tertiary/aromatic N) is 6. The van der Waals surface area contributed by atoms with E-state index in [1.807, 2.05) is 36.4 Å². The Bertz CT molecular complexity index is 2960. The molecule has 11 aromatic rings. The molecule has 0 aliphatic rings. The minimum Gasteiger partial charge on any atom is -0.356 e. The molecule has 0 unspecified atom stereocenters. The number of benzene rings is 5. The van der Waals surface area contributed by atoms with E-state index in [0.29, 0.717) is 23.0 Å². The van der Waals surface area contributed by atoms with E-state index in [2.05, 4.69) is 115 Å². The third-order valence-corrected chi connectivity index (χ3v) is 9.71. The van der Waals surface area contributed by atoms with E-state index in [4.69, 9.17) is 18.1 Å². The number of fused-ring (bicyclic) bond motifs is 7. The van der Waals surface area contributed by atoms with Gasteiger partial charge in [0.2, 0.25) is 0 Å². The van der Waals surface area contributed by atoms with E-state index < -0.39 is 0 Å². The van der Waals surface area contributed by atoms with Crippen molar-refractivity contribution in [3.8, 4) is 56.7 Å². The molecular formula is C42H24N6O4. The maximum Gasteiger partial charge on any atom is 0.166 e. The van der Waals surface area contributed by atoms with Crippen LogP contribution in [0.1, 0.15) is 0 Å². The van der Waals surface area contributed by atoms with E-state index >= 15 is 0 Å². The van der Waals surface area contributed by atoms with E-state index in [1.54, 1.807) is 24.8 Å². The van der Waals surface area contributed by atoms with Gasteiger partial charge in [-0.05, 0) is 54.6 Å². The Morgan fingerprint density at radius 2 is 0.808 bits per heavy atom. The second-order valence-electron chi connectivity index (χ2n) is 12.6. The highest BCUT2D eigenvalue weighted by atomic mass is 16.5. The average molecular weight is 677 g/mol. The van der Waals surface area contributed by atoms with Gasteiger partial charge in [0.1, 0.15) is 0 Å². The minimum atomic E-state index is 0.652. The zero-order valence-corrected chi connectivity index (χ0v) is 27.2. The molecule has 0 N–H and O–H groups in total. The zero-order chi connectivity index (χ0) is 34.2. The molecule has 0 saturated carbocycles. The summed E-state index contributed by atoms with van der Waals surface area (Å²) in [7, 11) is 0. The van der Waals surface area contributed by atoms with Crippen LogP contribution in [0.2, 0.25) is 0 Å². The van der Waals surface area contributed by atoms with Crippen molar-refractivity contribution in [2.24, 2.45) is 0 Å². The smallest absolute Gasteiger partial charge is 0.166 e. The average Bonchev–Trinajstić information content (AvgIpc) is 4.04. The van der Waals surface area contributed by atoms with Crippen LogP contribution in [0, 0.1) is 0 Å². The van der Waals surface area contributed by atoms with Gasteiger partial charge in [-0.2, -0.15) is 0 Å².